The van der Waals surface area contributed by atoms with Gasteiger partial charge in [-0.3, -0.25) is 9.69 Å². The highest BCUT2D eigenvalue weighted by atomic mass is 32.2. The lowest BCUT2D eigenvalue weighted by molar-refractivity contribution is -0.146. The van der Waals surface area contributed by atoms with E-state index in [4.69, 9.17) is 0 Å². The van der Waals surface area contributed by atoms with Crippen molar-refractivity contribution in [3.63, 3.8) is 0 Å². The molecule has 104 valence electrons. The smallest absolute Gasteiger partial charge is 0.352 e. The fourth-order valence-corrected chi connectivity index (χ4v) is 4.60. The third kappa shape index (κ3) is 2.45. The van der Waals surface area contributed by atoms with Gasteiger partial charge in [0.25, 0.3) is 0 Å². The minimum Gasteiger partial charge on any atom is -0.477 e. The summed E-state index contributed by atoms with van der Waals surface area (Å²) in [4.78, 5) is 25.6. The van der Waals surface area contributed by atoms with Crippen LogP contribution in [0.15, 0.2) is 46.5 Å². The number of aliphatic carboxylic acids is 1. The number of carboxylic acids is 1. The highest BCUT2D eigenvalue weighted by Crippen LogP contribution is 2.41. The van der Waals surface area contributed by atoms with E-state index in [1.165, 1.54) is 4.90 Å². The van der Waals surface area contributed by atoms with E-state index in [0.29, 0.717) is 17.9 Å². The van der Waals surface area contributed by atoms with Crippen LogP contribution in [0.4, 0.5) is 0 Å². The predicted molar refractivity (Wildman–Crippen MR) is 79.5 cm³/mol. The third-order valence-electron chi connectivity index (χ3n) is 3.29. The summed E-state index contributed by atoms with van der Waals surface area (Å²) in [6.45, 7) is 0. The summed E-state index contributed by atoms with van der Waals surface area (Å²) in [7, 11) is 0. The largest absolute Gasteiger partial charge is 0.477 e. The maximum absolute atomic E-state index is 11.6. The van der Waals surface area contributed by atoms with Crippen molar-refractivity contribution in [2.24, 2.45) is 0 Å². The molecule has 0 saturated carbocycles. The van der Waals surface area contributed by atoms with E-state index in [1.54, 1.807) is 23.5 Å². The number of nitrogens with zero attached hydrogens (tertiary/aromatic N) is 1. The van der Waals surface area contributed by atoms with E-state index in [0.717, 1.165) is 10.5 Å². The monoisotopic (exact) mass is 307 g/mol. The molecule has 4 nitrogen and oxygen atoms in total. The Morgan fingerprint density at radius 3 is 2.80 bits per heavy atom. The minimum atomic E-state index is -0.994. The molecule has 2 heterocycles. The van der Waals surface area contributed by atoms with Gasteiger partial charge in [-0.25, -0.2) is 4.79 Å². The normalized spacial score (nSPS) is 21.5. The predicted octanol–water partition coefficient (Wildman–Crippen LogP) is 2.42. The van der Waals surface area contributed by atoms with Crippen LogP contribution in [0.25, 0.3) is 0 Å². The standard InChI is InChI=1S/C14H13NO3S2/c16-11-6-12-15(11)13(14(17)18)9(8-20-12)7-19-10-4-2-1-3-5-10/h1-5,12H,6-8H2,(H,17,18). The summed E-state index contributed by atoms with van der Waals surface area (Å²) in [5.41, 5.74) is 1.04. The minimum absolute atomic E-state index is 0.0269. The second-order valence-electron chi connectivity index (χ2n) is 4.59. The fourth-order valence-electron chi connectivity index (χ4n) is 2.28. The molecule has 1 aromatic rings. The Bertz CT molecular complexity index is 585. The fraction of sp³-hybridized carbons (Fsp3) is 0.286. The number of fused-ring (bicyclic) bond motifs is 1. The first-order valence-electron chi connectivity index (χ1n) is 6.23. The Hall–Kier alpha value is -1.40. The Morgan fingerprint density at radius 2 is 2.15 bits per heavy atom. The summed E-state index contributed by atoms with van der Waals surface area (Å²) in [6.07, 6.45) is 0.459. The number of hydrogen-bond donors (Lipinski definition) is 1. The molecule has 1 N–H and O–H groups in total. The molecular formula is C14H13NO3S2. The van der Waals surface area contributed by atoms with E-state index in [-0.39, 0.29) is 17.0 Å². The number of thioether (sulfide) groups is 2. The molecule has 0 bridgehead atoms. The molecule has 1 saturated heterocycles. The summed E-state index contributed by atoms with van der Waals surface area (Å²) >= 11 is 3.26. The first kappa shape index (κ1) is 13.6. The molecule has 1 aromatic carbocycles. The number of carbonyl (C=O) groups is 2. The SMILES string of the molecule is O=C(O)C1=C(CSc2ccccc2)CSC2CC(=O)N12. The number of carboxylic acid groups (broad SMARTS) is 1. The molecule has 1 fully saturated rings. The highest BCUT2D eigenvalue weighted by Gasteiger charge is 2.45. The Kier molecular flexibility index (Phi) is 3.76. The maximum atomic E-state index is 11.6. The molecule has 1 atom stereocenters. The number of amides is 1. The van der Waals surface area contributed by atoms with E-state index >= 15 is 0 Å². The Morgan fingerprint density at radius 1 is 1.40 bits per heavy atom. The van der Waals surface area contributed by atoms with Gasteiger partial charge in [-0.1, -0.05) is 18.2 Å². The molecule has 0 aromatic heterocycles. The van der Waals surface area contributed by atoms with Crippen molar-refractivity contribution in [3.05, 3.63) is 41.6 Å². The van der Waals surface area contributed by atoms with Gasteiger partial charge in [0.05, 0.1) is 11.8 Å². The summed E-state index contributed by atoms with van der Waals surface area (Å²) in [5, 5.41) is 9.40. The lowest BCUT2D eigenvalue weighted by atomic mass is 10.1. The van der Waals surface area contributed by atoms with Crippen LogP contribution in [0.5, 0.6) is 0 Å². The average Bonchev–Trinajstić information content (AvgIpc) is 2.45. The molecule has 20 heavy (non-hydrogen) atoms. The summed E-state index contributed by atoms with van der Waals surface area (Å²) in [5.74, 6) is 0.222. The van der Waals surface area contributed by atoms with Crippen LogP contribution in [0.1, 0.15) is 6.42 Å². The molecule has 6 heteroatoms. The zero-order valence-corrected chi connectivity index (χ0v) is 12.2. The Labute approximate surface area is 125 Å². The highest BCUT2D eigenvalue weighted by molar-refractivity contribution is 8.01. The summed E-state index contributed by atoms with van der Waals surface area (Å²) < 4.78 is 0. The maximum Gasteiger partial charge on any atom is 0.352 e. The quantitative estimate of drug-likeness (QED) is 0.684. The van der Waals surface area contributed by atoms with Gasteiger partial charge >= 0.3 is 5.97 Å². The van der Waals surface area contributed by atoms with Crippen molar-refractivity contribution >= 4 is 35.4 Å². The molecule has 2 aliphatic heterocycles. The van der Waals surface area contributed by atoms with Crippen LogP contribution in [0.3, 0.4) is 0 Å². The van der Waals surface area contributed by atoms with Crippen LogP contribution in [0.2, 0.25) is 0 Å². The van der Waals surface area contributed by atoms with E-state index in [9.17, 15) is 14.7 Å². The molecule has 0 spiro atoms. The van der Waals surface area contributed by atoms with Crippen LogP contribution in [-0.2, 0) is 9.59 Å². The van der Waals surface area contributed by atoms with Gasteiger partial charge in [0, 0.05) is 16.4 Å². The lowest BCUT2D eigenvalue weighted by Gasteiger charge is -2.44. The molecular weight excluding hydrogens is 294 g/mol. The van der Waals surface area contributed by atoms with Gasteiger partial charge in [0.15, 0.2) is 0 Å². The first-order valence-corrected chi connectivity index (χ1v) is 8.27. The second-order valence-corrected chi connectivity index (χ2v) is 6.81. The number of carbonyl (C=O) groups excluding carboxylic acids is 1. The third-order valence-corrected chi connectivity index (χ3v) is 5.67. The van der Waals surface area contributed by atoms with Crippen molar-refractivity contribution in [1.82, 2.24) is 4.90 Å². The number of rotatable bonds is 4. The lowest BCUT2D eigenvalue weighted by Crippen LogP contribution is -2.54. The average molecular weight is 307 g/mol. The van der Waals surface area contributed by atoms with Crippen molar-refractivity contribution in [3.8, 4) is 0 Å². The number of β-lactam (4-membered cyclic amide) rings is 1. The van der Waals surface area contributed by atoms with E-state index in [2.05, 4.69) is 0 Å². The van der Waals surface area contributed by atoms with Crippen molar-refractivity contribution in [1.29, 1.82) is 0 Å². The van der Waals surface area contributed by atoms with Gasteiger partial charge in [-0.2, -0.15) is 0 Å². The molecule has 3 rings (SSSR count). The van der Waals surface area contributed by atoms with Gasteiger partial charge < -0.3 is 5.11 Å². The van der Waals surface area contributed by atoms with Crippen molar-refractivity contribution < 1.29 is 14.7 Å². The first-order chi connectivity index (χ1) is 9.66. The zero-order chi connectivity index (χ0) is 14.1. The van der Waals surface area contributed by atoms with E-state index < -0.39 is 5.97 Å². The van der Waals surface area contributed by atoms with Crippen molar-refractivity contribution in [2.75, 3.05) is 11.5 Å². The molecule has 2 aliphatic rings. The van der Waals surface area contributed by atoms with Gasteiger partial charge in [-0.15, -0.1) is 23.5 Å². The number of hydrogen-bond acceptors (Lipinski definition) is 4. The molecule has 0 radical (unpaired) electrons. The van der Waals surface area contributed by atoms with Crippen molar-refractivity contribution in [2.45, 2.75) is 16.7 Å². The van der Waals surface area contributed by atoms with E-state index in [1.807, 2.05) is 30.3 Å². The topological polar surface area (TPSA) is 57.6 Å². The number of benzene rings is 1. The van der Waals surface area contributed by atoms with Crippen LogP contribution in [0, 0.1) is 0 Å². The summed E-state index contributed by atoms with van der Waals surface area (Å²) in [6, 6.07) is 9.86. The zero-order valence-electron chi connectivity index (χ0n) is 10.6. The Balaban J connectivity index is 1.80. The molecule has 1 unspecified atom stereocenters. The van der Waals surface area contributed by atoms with Crippen LogP contribution < -0.4 is 0 Å². The van der Waals surface area contributed by atoms with Crippen LogP contribution >= 0.6 is 23.5 Å². The second kappa shape index (κ2) is 5.54. The van der Waals surface area contributed by atoms with Gasteiger partial charge in [0.1, 0.15) is 5.70 Å². The molecule has 0 aliphatic carbocycles. The van der Waals surface area contributed by atoms with Crippen LogP contribution in [-0.4, -0.2) is 38.8 Å². The van der Waals surface area contributed by atoms with Gasteiger partial charge in [0.2, 0.25) is 5.91 Å². The van der Waals surface area contributed by atoms with Gasteiger partial charge in [-0.05, 0) is 17.7 Å². The molecule has 1 amide bonds.